The van der Waals surface area contributed by atoms with E-state index in [1.165, 1.54) is 14.2 Å². The fourth-order valence-electron chi connectivity index (χ4n) is 1.87. The molecule has 0 aliphatic heterocycles. The van der Waals surface area contributed by atoms with E-state index in [1.807, 2.05) is 25.1 Å². The molecule has 0 spiro atoms. The fraction of sp³-hybridized carbons (Fsp3) is 0.231. The van der Waals surface area contributed by atoms with Gasteiger partial charge in [-0.15, -0.1) is 0 Å². The molecule has 1 aliphatic rings. The van der Waals surface area contributed by atoms with Gasteiger partial charge in [-0.05, 0) is 13.0 Å². The summed E-state index contributed by atoms with van der Waals surface area (Å²) >= 11 is 5.31. The lowest BCUT2D eigenvalue weighted by Crippen LogP contribution is -2.23. The van der Waals surface area contributed by atoms with Crippen LogP contribution in [0.5, 0.6) is 0 Å². The number of fused-ring (bicyclic) bond motifs is 1. The van der Waals surface area contributed by atoms with E-state index < -0.39 is 0 Å². The van der Waals surface area contributed by atoms with Crippen LogP contribution >= 0.6 is 12.2 Å². The predicted octanol–water partition coefficient (Wildman–Crippen LogP) is 2.41. The molecule has 1 aliphatic carbocycles. The number of Topliss-reactive ketones (excluding diaryl/α,β-unsaturated/α-hetero) is 1. The number of carbonyl (C=O) groups is 1. The van der Waals surface area contributed by atoms with E-state index in [4.69, 9.17) is 21.7 Å². The first-order chi connectivity index (χ1) is 8.10. The summed E-state index contributed by atoms with van der Waals surface area (Å²) in [7, 11) is 2.92. The first-order valence-corrected chi connectivity index (χ1v) is 5.53. The zero-order valence-corrected chi connectivity index (χ0v) is 10.7. The van der Waals surface area contributed by atoms with Crippen LogP contribution in [0.4, 0.5) is 0 Å². The van der Waals surface area contributed by atoms with Crippen LogP contribution in [-0.2, 0) is 9.47 Å². The van der Waals surface area contributed by atoms with E-state index >= 15 is 0 Å². The lowest BCUT2D eigenvalue weighted by atomic mass is 9.91. The maximum Gasteiger partial charge on any atom is 0.232 e. The number of methoxy groups -OCH3 is 2. The summed E-state index contributed by atoms with van der Waals surface area (Å²) in [6, 6.07) is 5.58. The first-order valence-electron chi connectivity index (χ1n) is 5.12. The van der Waals surface area contributed by atoms with Gasteiger partial charge in [-0.3, -0.25) is 4.79 Å². The van der Waals surface area contributed by atoms with Crippen molar-refractivity contribution in [2.45, 2.75) is 6.92 Å². The lowest BCUT2D eigenvalue weighted by molar-refractivity contribution is 0.0931. The normalized spacial score (nSPS) is 14.8. The van der Waals surface area contributed by atoms with Gasteiger partial charge < -0.3 is 9.47 Å². The van der Waals surface area contributed by atoms with Gasteiger partial charge in [0.25, 0.3) is 0 Å². The van der Waals surface area contributed by atoms with Gasteiger partial charge in [-0.25, -0.2) is 0 Å². The molecule has 0 atom stereocenters. The minimum atomic E-state index is -0.184. The number of rotatable bonds is 2. The van der Waals surface area contributed by atoms with E-state index in [-0.39, 0.29) is 11.5 Å². The molecule has 0 radical (unpaired) electrons. The van der Waals surface area contributed by atoms with Crippen LogP contribution in [0.2, 0.25) is 0 Å². The second-order valence-corrected chi connectivity index (χ2v) is 4.18. The third kappa shape index (κ3) is 1.74. The maximum atomic E-state index is 12.2. The van der Waals surface area contributed by atoms with E-state index in [1.54, 1.807) is 0 Å². The zero-order chi connectivity index (χ0) is 12.6. The third-order valence-corrected chi connectivity index (χ3v) is 3.10. The molecular formula is C13H12O3S. The fourth-order valence-corrected chi connectivity index (χ4v) is 2.22. The number of allylic oxidation sites excluding steroid dienone is 2. The molecule has 0 fully saturated rings. The second kappa shape index (κ2) is 4.30. The Kier molecular flexibility index (Phi) is 2.98. The Hall–Kier alpha value is -1.68. The van der Waals surface area contributed by atoms with Crippen LogP contribution < -0.4 is 0 Å². The van der Waals surface area contributed by atoms with Crippen LogP contribution in [0.1, 0.15) is 21.5 Å². The van der Waals surface area contributed by atoms with Gasteiger partial charge >= 0.3 is 0 Å². The number of thiocarbonyl (C=S) groups is 1. The molecule has 3 nitrogen and oxygen atoms in total. The molecule has 0 N–H and O–H groups in total. The Morgan fingerprint density at radius 3 is 2.29 bits per heavy atom. The molecule has 2 rings (SSSR count). The summed E-state index contributed by atoms with van der Waals surface area (Å²) in [5.41, 5.74) is 2.32. The summed E-state index contributed by atoms with van der Waals surface area (Å²) in [4.78, 5) is 12.7. The number of hydrogen-bond donors (Lipinski definition) is 0. The number of ketones is 1. The number of carbonyl (C=O) groups excluding carboxylic acids is 1. The van der Waals surface area contributed by atoms with Gasteiger partial charge in [0.15, 0.2) is 5.76 Å². The minimum Gasteiger partial charge on any atom is -0.491 e. The van der Waals surface area contributed by atoms with E-state index in [2.05, 4.69) is 0 Å². The van der Waals surface area contributed by atoms with Gasteiger partial charge in [0.05, 0.1) is 19.1 Å². The zero-order valence-electron chi connectivity index (χ0n) is 9.87. The standard InChI is InChI=1S/C13H12O3S/c1-7-4-5-8-9(6-7)10(14)11(15-2)12(16-3)13(8)17/h4-6H,1-3H3. The van der Waals surface area contributed by atoms with Crippen molar-refractivity contribution in [1.82, 2.24) is 0 Å². The summed E-state index contributed by atoms with van der Waals surface area (Å²) in [6.45, 7) is 1.93. The average Bonchev–Trinajstić information content (AvgIpc) is 2.33. The third-order valence-electron chi connectivity index (χ3n) is 2.69. The summed E-state index contributed by atoms with van der Waals surface area (Å²) in [6.07, 6.45) is 0. The number of benzene rings is 1. The van der Waals surface area contributed by atoms with Crippen molar-refractivity contribution >= 4 is 22.9 Å². The number of hydrogen-bond acceptors (Lipinski definition) is 4. The Morgan fingerprint density at radius 2 is 1.71 bits per heavy atom. The van der Waals surface area contributed by atoms with E-state index in [9.17, 15) is 4.79 Å². The van der Waals surface area contributed by atoms with Gasteiger partial charge in [0.1, 0.15) is 0 Å². The number of ether oxygens (including phenoxy) is 2. The van der Waals surface area contributed by atoms with Crippen LogP contribution in [0.15, 0.2) is 29.7 Å². The lowest BCUT2D eigenvalue weighted by Gasteiger charge is -2.20. The molecular weight excluding hydrogens is 236 g/mol. The van der Waals surface area contributed by atoms with Crippen LogP contribution in [-0.4, -0.2) is 24.9 Å². The Morgan fingerprint density at radius 1 is 1.06 bits per heavy atom. The van der Waals surface area contributed by atoms with Crippen molar-refractivity contribution in [2.24, 2.45) is 0 Å². The Labute approximate surface area is 105 Å². The van der Waals surface area contributed by atoms with Gasteiger partial charge in [0.2, 0.25) is 11.5 Å². The molecule has 0 bridgehead atoms. The highest BCUT2D eigenvalue weighted by atomic mass is 32.1. The van der Waals surface area contributed by atoms with Crippen molar-refractivity contribution < 1.29 is 14.3 Å². The molecule has 88 valence electrons. The van der Waals surface area contributed by atoms with Gasteiger partial charge in [-0.2, -0.15) is 0 Å². The van der Waals surface area contributed by atoms with Gasteiger partial charge in [-0.1, -0.05) is 29.9 Å². The van der Waals surface area contributed by atoms with Crippen molar-refractivity contribution in [3.05, 3.63) is 46.4 Å². The Bertz CT molecular complexity index is 544. The molecule has 4 heteroatoms. The molecule has 0 saturated heterocycles. The smallest absolute Gasteiger partial charge is 0.232 e. The highest BCUT2D eigenvalue weighted by Gasteiger charge is 2.31. The molecule has 17 heavy (non-hydrogen) atoms. The van der Waals surface area contributed by atoms with Crippen LogP contribution in [0.3, 0.4) is 0 Å². The highest BCUT2D eigenvalue weighted by Crippen LogP contribution is 2.28. The molecule has 1 aromatic rings. The first kappa shape index (κ1) is 11.8. The van der Waals surface area contributed by atoms with E-state index in [0.717, 1.165) is 11.1 Å². The van der Waals surface area contributed by atoms with Gasteiger partial charge in [0, 0.05) is 11.1 Å². The minimum absolute atomic E-state index is 0.176. The van der Waals surface area contributed by atoms with Crippen LogP contribution in [0.25, 0.3) is 0 Å². The second-order valence-electron chi connectivity index (χ2n) is 3.77. The molecule has 0 aromatic heterocycles. The predicted molar refractivity (Wildman–Crippen MR) is 68.3 cm³/mol. The van der Waals surface area contributed by atoms with E-state index in [0.29, 0.717) is 16.2 Å². The quantitative estimate of drug-likeness (QED) is 0.753. The summed E-state index contributed by atoms with van der Waals surface area (Å²) in [5, 5.41) is 0. The van der Waals surface area contributed by atoms with Crippen molar-refractivity contribution in [1.29, 1.82) is 0 Å². The monoisotopic (exact) mass is 248 g/mol. The van der Waals surface area contributed by atoms with Crippen molar-refractivity contribution in [3.63, 3.8) is 0 Å². The Balaban J connectivity index is 2.68. The molecule has 0 amide bonds. The highest BCUT2D eigenvalue weighted by molar-refractivity contribution is 7.81. The largest absolute Gasteiger partial charge is 0.491 e. The van der Waals surface area contributed by atoms with Crippen molar-refractivity contribution in [2.75, 3.05) is 14.2 Å². The average molecular weight is 248 g/mol. The molecule has 0 unspecified atom stereocenters. The summed E-state index contributed by atoms with van der Waals surface area (Å²) < 4.78 is 10.2. The topological polar surface area (TPSA) is 35.5 Å². The maximum absolute atomic E-state index is 12.2. The SMILES string of the molecule is COC1=C(OC)C(=S)c2ccc(C)cc2C1=O. The van der Waals surface area contributed by atoms with Crippen molar-refractivity contribution in [3.8, 4) is 0 Å². The molecule has 0 saturated carbocycles. The van der Waals surface area contributed by atoms with Crippen LogP contribution in [0, 0.1) is 6.92 Å². The summed E-state index contributed by atoms with van der Waals surface area (Å²) in [5.74, 6) is 0.330. The molecule has 1 aromatic carbocycles. The molecule has 0 heterocycles. The number of aryl methyl sites for hydroxylation is 1.